The zero-order valence-electron chi connectivity index (χ0n) is 9.57. The molecular weight excluding hydrogens is 342 g/mol. The van der Waals surface area contributed by atoms with Gasteiger partial charge in [-0.2, -0.15) is 0 Å². The summed E-state index contributed by atoms with van der Waals surface area (Å²) in [5.74, 6) is 0. The quantitative estimate of drug-likeness (QED) is 0.552. The number of rotatable bonds is 0. The van der Waals surface area contributed by atoms with Gasteiger partial charge in [0.25, 0.3) is 0 Å². The van der Waals surface area contributed by atoms with Gasteiger partial charge in [-0.05, 0) is 81.1 Å². The van der Waals surface area contributed by atoms with Gasteiger partial charge < -0.3 is 4.98 Å². The first-order valence-corrected chi connectivity index (χ1v) is 7.02. The minimum absolute atomic E-state index is 1.12. The zero-order valence-corrected chi connectivity index (χ0v) is 12.7. The third kappa shape index (κ3) is 1.72. The molecule has 0 bridgehead atoms. The molecule has 3 aromatic rings. The van der Waals surface area contributed by atoms with Crippen LogP contribution in [0.15, 0.2) is 33.2 Å². The molecule has 0 amide bonds. The maximum absolute atomic E-state index is 3.62. The van der Waals surface area contributed by atoms with Crippen LogP contribution in [0.25, 0.3) is 21.8 Å². The van der Waals surface area contributed by atoms with Crippen LogP contribution in [0.1, 0.15) is 11.1 Å². The fraction of sp³-hybridized carbons (Fsp3) is 0.143. The molecule has 17 heavy (non-hydrogen) atoms. The largest absolute Gasteiger partial charge is 0.353 e. The van der Waals surface area contributed by atoms with Crippen LogP contribution in [0, 0.1) is 13.8 Å². The molecule has 1 N–H and O–H groups in total. The second kappa shape index (κ2) is 3.85. The van der Waals surface area contributed by atoms with Crippen LogP contribution < -0.4 is 0 Å². The van der Waals surface area contributed by atoms with Crippen molar-refractivity contribution < 1.29 is 0 Å². The molecule has 0 fully saturated rings. The van der Waals surface area contributed by atoms with E-state index < -0.39 is 0 Å². The van der Waals surface area contributed by atoms with Crippen LogP contribution in [0.2, 0.25) is 0 Å². The minimum Gasteiger partial charge on any atom is -0.353 e. The highest BCUT2D eigenvalue weighted by Crippen LogP contribution is 2.35. The highest BCUT2D eigenvalue weighted by Gasteiger charge is 2.10. The number of hydrogen-bond acceptors (Lipinski definition) is 0. The van der Waals surface area contributed by atoms with E-state index in [4.69, 9.17) is 0 Å². The summed E-state index contributed by atoms with van der Waals surface area (Å²) in [5, 5.41) is 2.55. The number of hydrogen-bond donors (Lipinski definition) is 1. The molecule has 0 spiro atoms. The van der Waals surface area contributed by atoms with E-state index in [0.29, 0.717) is 0 Å². The number of fused-ring (bicyclic) bond motifs is 3. The molecular formula is C14H11Br2N. The van der Waals surface area contributed by atoms with Crippen LogP contribution in [-0.4, -0.2) is 4.98 Å². The highest BCUT2D eigenvalue weighted by atomic mass is 79.9. The Labute approximate surface area is 116 Å². The van der Waals surface area contributed by atoms with Crippen molar-refractivity contribution in [2.24, 2.45) is 0 Å². The van der Waals surface area contributed by atoms with Gasteiger partial charge in [0.15, 0.2) is 0 Å². The molecule has 1 aromatic heterocycles. The van der Waals surface area contributed by atoms with E-state index in [9.17, 15) is 0 Å². The van der Waals surface area contributed by atoms with Gasteiger partial charge in [0, 0.05) is 19.7 Å². The molecule has 0 saturated heterocycles. The Hall–Kier alpha value is -0.800. The van der Waals surface area contributed by atoms with Crippen LogP contribution in [0.4, 0.5) is 0 Å². The second-order valence-electron chi connectivity index (χ2n) is 4.46. The first-order valence-electron chi connectivity index (χ1n) is 5.44. The maximum atomic E-state index is 3.62. The highest BCUT2D eigenvalue weighted by molar-refractivity contribution is 9.11. The summed E-state index contributed by atoms with van der Waals surface area (Å²) in [6.07, 6.45) is 0. The molecule has 1 nitrogen and oxygen atoms in total. The maximum Gasteiger partial charge on any atom is 0.0609 e. The van der Waals surface area contributed by atoms with E-state index in [1.54, 1.807) is 0 Å². The predicted octanol–water partition coefficient (Wildman–Crippen LogP) is 5.46. The first kappa shape index (κ1) is 11.3. The van der Waals surface area contributed by atoms with Crippen molar-refractivity contribution in [1.29, 1.82) is 0 Å². The summed E-state index contributed by atoms with van der Waals surface area (Å²) in [6.45, 7) is 4.24. The Morgan fingerprint density at radius 1 is 0.765 bits per heavy atom. The number of H-pyrrole nitrogens is 1. The lowest BCUT2D eigenvalue weighted by atomic mass is 10.1. The number of aryl methyl sites for hydroxylation is 2. The Morgan fingerprint density at radius 3 is 1.59 bits per heavy atom. The van der Waals surface area contributed by atoms with Gasteiger partial charge in [0.2, 0.25) is 0 Å². The van der Waals surface area contributed by atoms with E-state index in [0.717, 1.165) is 20.0 Å². The van der Waals surface area contributed by atoms with Crippen LogP contribution in [-0.2, 0) is 0 Å². The fourth-order valence-corrected chi connectivity index (χ4v) is 3.64. The molecule has 0 unspecified atom stereocenters. The second-order valence-corrected chi connectivity index (χ2v) is 6.17. The number of aromatic nitrogens is 1. The smallest absolute Gasteiger partial charge is 0.0609 e. The molecule has 3 rings (SSSR count). The summed E-state index contributed by atoms with van der Waals surface area (Å²) < 4.78 is 2.24. The Kier molecular flexibility index (Phi) is 2.56. The Morgan fingerprint density at radius 2 is 1.18 bits per heavy atom. The van der Waals surface area contributed by atoms with E-state index in [-0.39, 0.29) is 0 Å². The lowest BCUT2D eigenvalue weighted by Gasteiger charge is -1.98. The molecule has 0 aliphatic heterocycles. The standard InChI is InChI=1S/C14H11Br2N/c1-7-3-9-10-4-8(2)6-12(16)14(10)17-13(9)11(15)5-7/h3-6,17H,1-2H3. The SMILES string of the molecule is Cc1cc(Br)c2[nH]c3c(Br)cc(C)cc3c2c1. The molecule has 3 heteroatoms. The van der Waals surface area contributed by atoms with Gasteiger partial charge in [-0.15, -0.1) is 0 Å². The average Bonchev–Trinajstić information content (AvgIpc) is 2.58. The Bertz CT molecular complexity index is 679. The van der Waals surface area contributed by atoms with Crippen molar-refractivity contribution in [1.82, 2.24) is 4.98 Å². The fourth-order valence-electron chi connectivity index (χ4n) is 2.29. The topological polar surface area (TPSA) is 15.8 Å². The van der Waals surface area contributed by atoms with Gasteiger partial charge in [-0.3, -0.25) is 0 Å². The van der Waals surface area contributed by atoms with E-state index >= 15 is 0 Å². The molecule has 2 aromatic carbocycles. The molecule has 1 heterocycles. The zero-order chi connectivity index (χ0) is 12.2. The molecule has 0 radical (unpaired) electrons. The van der Waals surface area contributed by atoms with Crippen molar-refractivity contribution in [3.63, 3.8) is 0 Å². The normalized spacial score (nSPS) is 11.5. The lowest BCUT2D eigenvalue weighted by molar-refractivity contribution is 1.45. The minimum atomic E-state index is 1.12. The van der Waals surface area contributed by atoms with Gasteiger partial charge in [0.05, 0.1) is 11.0 Å². The van der Waals surface area contributed by atoms with E-state index in [1.165, 1.54) is 21.9 Å². The number of aromatic amines is 1. The van der Waals surface area contributed by atoms with Gasteiger partial charge in [-0.25, -0.2) is 0 Å². The van der Waals surface area contributed by atoms with Crippen molar-refractivity contribution in [2.75, 3.05) is 0 Å². The summed E-state index contributed by atoms with van der Waals surface area (Å²) >= 11 is 7.24. The number of halogens is 2. The number of nitrogens with one attached hydrogen (secondary N) is 1. The van der Waals surface area contributed by atoms with Gasteiger partial charge in [-0.1, -0.05) is 0 Å². The van der Waals surface area contributed by atoms with Crippen LogP contribution >= 0.6 is 31.9 Å². The van der Waals surface area contributed by atoms with E-state index in [2.05, 4.69) is 75.0 Å². The van der Waals surface area contributed by atoms with Crippen molar-refractivity contribution in [2.45, 2.75) is 13.8 Å². The summed E-state index contributed by atoms with van der Waals surface area (Å²) in [5.41, 5.74) is 4.86. The summed E-state index contributed by atoms with van der Waals surface area (Å²) in [4.78, 5) is 3.48. The predicted molar refractivity (Wildman–Crippen MR) is 80.7 cm³/mol. The van der Waals surface area contributed by atoms with Gasteiger partial charge in [0.1, 0.15) is 0 Å². The van der Waals surface area contributed by atoms with Crippen LogP contribution in [0.5, 0.6) is 0 Å². The van der Waals surface area contributed by atoms with Crippen molar-refractivity contribution >= 4 is 53.7 Å². The third-order valence-corrected chi connectivity index (χ3v) is 4.26. The first-order chi connectivity index (χ1) is 8.06. The molecule has 86 valence electrons. The molecule has 0 saturated carbocycles. The molecule has 0 aliphatic rings. The van der Waals surface area contributed by atoms with Crippen molar-refractivity contribution in [3.05, 3.63) is 44.3 Å². The lowest BCUT2D eigenvalue weighted by Crippen LogP contribution is -1.75. The monoisotopic (exact) mass is 351 g/mol. The van der Waals surface area contributed by atoms with Crippen molar-refractivity contribution in [3.8, 4) is 0 Å². The summed E-state index contributed by atoms with van der Waals surface area (Å²) in [7, 11) is 0. The van der Waals surface area contributed by atoms with E-state index in [1.807, 2.05) is 0 Å². The molecule has 0 atom stereocenters. The van der Waals surface area contributed by atoms with Gasteiger partial charge >= 0.3 is 0 Å². The van der Waals surface area contributed by atoms with Crippen LogP contribution in [0.3, 0.4) is 0 Å². The average molecular weight is 353 g/mol. The number of benzene rings is 2. The third-order valence-electron chi connectivity index (χ3n) is 3.01. The Balaban J connectivity index is 2.60. The summed E-state index contributed by atoms with van der Waals surface area (Å²) in [6, 6.07) is 8.73. The molecule has 0 aliphatic carbocycles.